The molecule has 2 bridgehead atoms. The van der Waals surface area contributed by atoms with Crippen molar-refractivity contribution in [3.05, 3.63) is 0 Å². The minimum atomic E-state index is 0.966. The van der Waals surface area contributed by atoms with Crippen molar-refractivity contribution in [1.29, 1.82) is 0 Å². The lowest BCUT2D eigenvalue weighted by atomic mass is 10.2. The molecule has 0 radical (unpaired) electrons. The van der Waals surface area contributed by atoms with Crippen LogP contribution in [0.1, 0.15) is 12.8 Å². The minimum absolute atomic E-state index is 0.966. The van der Waals surface area contributed by atoms with E-state index in [2.05, 4.69) is 17.1 Å². The summed E-state index contributed by atoms with van der Waals surface area (Å²) in [6.07, 6.45) is 2.92. The van der Waals surface area contributed by atoms with Crippen LogP contribution in [0.2, 0.25) is 0 Å². The molecule has 1 N–H and O–H groups in total. The molecule has 0 amide bonds. The summed E-state index contributed by atoms with van der Waals surface area (Å²) >= 11 is 2.19. The first kappa shape index (κ1) is 5.12. The van der Waals surface area contributed by atoms with Gasteiger partial charge in [-0.2, -0.15) is 11.8 Å². The first-order chi connectivity index (χ1) is 3.95. The molecule has 2 saturated heterocycles. The fourth-order valence-corrected chi connectivity index (χ4v) is 3.00. The van der Waals surface area contributed by atoms with Crippen molar-refractivity contribution in [3.8, 4) is 0 Å². The zero-order valence-electron chi connectivity index (χ0n) is 4.89. The third kappa shape index (κ3) is 0.759. The molecule has 2 heteroatoms. The van der Waals surface area contributed by atoms with Crippen LogP contribution in [0.4, 0.5) is 0 Å². The van der Waals surface area contributed by atoms with Gasteiger partial charge in [0.25, 0.3) is 0 Å². The van der Waals surface area contributed by atoms with Crippen molar-refractivity contribution in [2.24, 2.45) is 0 Å². The molecule has 2 unspecified atom stereocenters. The number of fused-ring (bicyclic) bond motifs is 2. The van der Waals surface area contributed by atoms with Crippen LogP contribution in [-0.2, 0) is 0 Å². The Balaban J connectivity index is 2.03. The molecule has 2 atom stereocenters. The van der Waals surface area contributed by atoms with Crippen LogP contribution >= 0.6 is 11.8 Å². The van der Waals surface area contributed by atoms with E-state index < -0.39 is 0 Å². The van der Waals surface area contributed by atoms with Crippen LogP contribution in [0.3, 0.4) is 0 Å². The minimum Gasteiger partial charge on any atom is -0.315 e. The summed E-state index contributed by atoms with van der Waals surface area (Å²) in [6.45, 7) is 2.53. The van der Waals surface area contributed by atoms with Gasteiger partial charge in [-0.05, 0) is 12.8 Å². The number of hydrogen-bond donors (Lipinski definition) is 1. The SMILES string of the molecule is C1CC2CNCC1S2. The maximum atomic E-state index is 3.43. The highest BCUT2D eigenvalue weighted by Crippen LogP contribution is 2.35. The second kappa shape index (κ2) is 1.92. The van der Waals surface area contributed by atoms with E-state index in [0.717, 1.165) is 10.5 Å². The van der Waals surface area contributed by atoms with Gasteiger partial charge in [0.1, 0.15) is 0 Å². The predicted octanol–water partition coefficient (Wildman–Crippen LogP) is 0.854. The highest BCUT2D eigenvalue weighted by molar-refractivity contribution is 8.00. The summed E-state index contributed by atoms with van der Waals surface area (Å²) in [7, 11) is 0. The molecular weight excluding hydrogens is 118 g/mol. The quantitative estimate of drug-likeness (QED) is 0.520. The maximum Gasteiger partial charge on any atom is 0.0176 e. The standard InChI is InChI=1S/C6H11NS/c1-2-6-4-7-3-5(1)8-6/h5-7H,1-4H2. The van der Waals surface area contributed by atoms with Crippen LogP contribution in [0.25, 0.3) is 0 Å². The van der Waals surface area contributed by atoms with Crippen LogP contribution in [0.5, 0.6) is 0 Å². The largest absolute Gasteiger partial charge is 0.315 e. The van der Waals surface area contributed by atoms with Crippen LogP contribution in [0.15, 0.2) is 0 Å². The van der Waals surface area contributed by atoms with Gasteiger partial charge in [0.2, 0.25) is 0 Å². The molecule has 2 rings (SSSR count). The molecule has 0 aromatic carbocycles. The van der Waals surface area contributed by atoms with Gasteiger partial charge in [0.15, 0.2) is 0 Å². The Bertz CT molecular complexity index is 80.5. The van der Waals surface area contributed by atoms with E-state index in [0.29, 0.717) is 0 Å². The molecule has 8 heavy (non-hydrogen) atoms. The van der Waals surface area contributed by atoms with Gasteiger partial charge in [0.05, 0.1) is 0 Å². The molecular formula is C6H11NS. The highest BCUT2D eigenvalue weighted by Gasteiger charge is 2.28. The van der Waals surface area contributed by atoms with Crippen molar-refractivity contribution in [2.75, 3.05) is 13.1 Å². The Morgan fingerprint density at radius 2 is 1.75 bits per heavy atom. The van der Waals surface area contributed by atoms with Gasteiger partial charge >= 0.3 is 0 Å². The van der Waals surface area contributed by atoms with E-state index in [1.165, 1.54) is 25.9 Å². The van der Waals surface area contributed by atoms with Crippen molar-refractivity contribution in [1.82, 2.24) is 5.32 Å². The lowest BCUT2D eigenvalue weighted by molar-refractivity contribution is 0.690. The van der Waals surface area contributed by atoms with Crippen LogP contribution < -0.4 is 5.32 Å². The van der Waals surface area contributed by atoms with E-state index in [1.54, 1.807) is 0 Å². The van der Waals surface area contributed by atoms with E-state index in [9.17, 15) is 0 Å². The predicted molar refractivity (Wildman–Crippen MR) is 37.3 cm³/mol. The molecule has 0 spiro atoms. The van der Waals surface area contributed by atoms with Gasteiger partial charge in [-0.3, -0.25) is 0 Å². The van der Waals surface area contributed by atoms with Gasteiger partial charge in [-0.1, -0.05) is 0 Å². The number of hydrogen-bond acceptors (Lipinski definition) is 2. The topological polar surface area (TPSA) is 12.0 Å². The lowest BCUT2D eigenvalue weighted by Gasteiger charge is -2.18. The molecule has 0 saturated carbocycles. The third-order valence-electron chi connectivity index (χ3n) is 1.94. The number of thioether (sulfide) groups is 1. The van der Waals surface area contributed by atoms with Gasteiger partial charge in [-0.15, -0.1) is 0 Å². The average molecular weight is 129 g/mol. The summed E-state index contributed by atoms with van der Waals surface area (Å²) in [5, 5.41) is 5.36. The summed E-state index contributed by atoms with van der Waals surface area (Å²) in [5.74, 6) is 0. The molecule has 0 aromatic heterocycles. The molecule has 2 heterocycles. The smallest absolute Gasteiger partial charge is 0.0176 e. The number of nitrogens with one attached hydrogen (secondary N) is 1. The molecule has 1 nitrogen and oxygen atoms in total. The first-order valence-corrected chi connectivity index (χ1v) is 4.25. The van der Waals surface area contributed by atoms with Gasteiger partial charge in [0, 0.05) is 23.6 Å². The second-order valence-electron chi connectivity index (χ2n) is 2.62. The highest BCUT2D eigenvalue weighted by atomic mass is 32.2. The molecule has 46 valence electrons. The average Bonchev–Trinajstić information content (AvgIpc) is 2.12. The second-order valence-corrected chi connectivity index (χ2v) is 4.22. The molecule has 2 fully saturated rings. The monoisotopic (exact) mass is 129 g/mol. The molecule has 0 aliphatic carbocycles. The molecule has 0 aromatic rings. The molecule has 2 aliphatic heterocycles. The van der Waals surface area contributed by atoms with Crippen molar-refractivity contribution in [2.45, 2.75) is 23.3 Å². The maximum absolute atomic E-state index is 3.43. The lowest BCUT2D eigenvalue weighted by Crippen LogP contribution is -2.32. The third-order valence-corrected chi connectivity index (χ3v) is 3.51. The van der Waals surface area contributed by atoms with Crippen molar-refractivity contribution < 1.29 is 0 Å². The van der Waals surface area contributed by atoms with Crippen molar-refractivity contribution >= 4 is 11.8 Å². The zero-order valence-corrected chi connectivity index (χ0v) is 5.71. The Morgan fingerprint density at radius 3 is 2.25 bits per heavy atom. The summed E-state index contributed by atoms with van der Waals surface area (Å²) < 4.78 is 0. The van der Waals surface area contributed by atoms with Gasteiger partial charge < -0.3 is 5.32 Å². The Labute approximate surface area is 54.2 Å². The normalized spacial score (nSPS) is 45.0. The number of rotatable bonds is 0. The fraction of sp³-hybridized carbons (Fsp3) is 1.00. The summed E-state index contributed by atoms with van der Waals surface area (Å²) in [6, 6.07) is 0. The van der Waals surface area contributed by atoms with E-state index in [-0.39, 0.29) is 0 Å². The van der Waals surface area contributed by atoms with Crippen LogP contribution in [0, 0.1) is 0 Å². The summed E-state index contributed by atoms with van der Waals surface area (Å²) in [4.78, 5) is 0. The summed E-state index contributed by atoms with van der Waals surface area (Å²) in [5.41, 5.74) is 0. The van der Waals surface area contributed by atoms with E-state index in [1.807, 2.05) is 0 Å². The Kier molecular flexibility index (Phi) is 1.23. The van der Waals surface area contributed by atoms with E-state index in [4.69, 9.17) is 0 Å². The first-order valence-electron chi connectivity index (χ1n) is 3.31. The fourth-order valence-electron chi connectivity index (χ4n) is 1.49. The zero-order chi connectivity index (χ0) is 5.40. The van der Waals surface area contributed by atoms with Gasteiger partial charge in [-0.25, -0.2) is 0 Å². The van der Waals surface area contributed by atoms with E-state index >= 15 is 0 Å². The van der Waals surface area contributed by atoms with Crippen LogP contribution in [-0.4, -0.2) is 23.6 Å². The Hall–Kier alpha value is 0.310. The van der Waals surface area contributed by atoms with Crippen molar-refractivity contribution in [3.63, 3.8) is 0 Å². The Morgan fingerprint density at radius 1 is 1.12 bits per heavy atom. The molecule has 2 aliphatic rings.